The first-order chi connectivity index (χ1) is 9.35. The first-order valence-corrected chi connectivity index (χ1v) is 6.84. The zero-order chi connectivity index (χ0) is 15.2. The van der Waals surface area contributed by atoms with Gasteiger partial charge in [-0.25, -0.2) is 0 Å². The molecule has 0 aliphatic carbocycles. The van der Waals surface area contributed by atoms with Crippen molar-refractivity contribution in [3.8, 4) is 11.5 Å². The Kier molecular flexibility index (Phi) is 5.82. The second kappa shape index (κ2) is 7.14. The molecular weight excluding hydrogens is 256 g/mol. The van der Waals surface area contributed by atoms with Gasteiger partial charge < -0.3 is 20.5 Å². The molecule has 0 heterocycles. The lowest BCUT2D eigenvalue weighted by atomic mass is 10.0. The third-order valence-electron chi connectivity index (χ3n) is 2.44. The van der Waals surface area contributed by atoms with E-state index in [4.69, 9.17) is 15.2 Å². The molecule has 112 valence electrons. The van der Waals surface area contributed by atoms with Gasteiger partial charge in [0.2, 0.25) is 5.91 Å². The Labute approximate surface area is 120 Å². The summed E-state index contributed by atoms with van der Waals surface area (Å²) in [6.45, 7) is 8.54. The van der Waals surface area contributed by atoms with Gasteiger partial charge in [-0.1, -0.05) is 0 Å². The van der Waals surface area contributed by atoms with Crippen LogP contribution in [0.5, 0.6) is 11.5 Å². The van der Waals surface area contributed by atoms with Crippen LogP contribution in [0.1, 0.15) is 34.1 Å². The molecule has 0 saturated carbocycles. The van der Waals surface area contributed by atoms with Gasteiger partial charge in [0.1, 0.15) is 0 Å². The normalized spacial score (nSPS) is 11.1. The van der Waals surface area contributed by atoms with Gasteiger partial charge in [-0.3, -0.25) is 4.79 Å². The van der Waals surface area contributed by atoms with E-state index in [0.29, 0.717) is 30.4 Å². The monoisotopic (exact) mass is 280 g/mol. The van der Waals surface area contributed by atoms with Gasteiger partial charge in [-0.05, 0) is 39.8 Å². The van der Waals surface area contributed by atoms with Crippen molar-refractivity contribution in [3.05, 3.63) is 18.2 Å². The molecule has 5 heteroatoms. The van der Waals surface area contributed by atoms with E-state index in [-0.39, 0.29) is 12.3 Å². The fourth-order valence-electron chi connectivity index (χ4n) is 1.75. The third-order valence-corrected chi connectivity index (χ3v) is 2.44. The van der Waals surface area contributed by atoms with Crippen molar-refractivity contribution in [2.75, 3.05) is 18.5 Å². The highest BCUT2D eigenvalue weighted by Crippen LogP contribution is 2.30. The van der Waals surface area contributed by atoms with Crippen LogP contribution in [-0.4, -0.2) is 24.7 Å². The molecule has 1 aromatic carbocycles. The molecule has 0 radical (unpaired) electrons. The molecule has 0 bridgehead atoms. The van der Waals surface area contributed by atoms with Gasteiger partial charge in [0.25, 0.3) is 0 Å². The van der Waals surface area contributed by atoms with Crippen molar-refractivity contribution < 1.29 is 14.3 Å². The number of hydrogen-bond acceptors (Lipinski definition) is 4. The topological polar surface area (TPSA) is 73.6 Å². The molecule has 0 spiro atoms. The summed E-state index contributed by atoms with van der Waals surface area (Å²) in [5.74, 6) is 1.18. The molecule has 20 heavy (non-hydrogen) atoms. The smallest absolute Gasteiger partial charge is 0.226 e. The minimum atomic E-state index is -0.530. The van der Waals surface area contributed by atoms with E-state index >= 15 is 0 Å². The summed E-state index contributed by atoms with van der Waals surface area (Å²) in [6.07, 6.45) is 0.254. The van der Waals surface area contributed by atoms with Crippen LogP contribution in [0, 0.1) is 0 Å². The van der Waals surface area contributed by atoms with Crippen molar-refractivity contribution in [1.29, 1.82) is 0 Å². The summed E-state index contributed by atoms with van der Waals surface area (Å²) >= 11 is 0. The van der Waals surface area contributed by atoms with E-state index < -0.39 is 5.54 Å². The molecule has 3 N–H and O–H groups in total. The highest BCUT2D eigenvalue weighted by Gasteiger charge is 2.17. The van der Waals surface area contributed by atoms with Crippen molar-refractivity contribution in [3.63, 3.8) is 0 Å². The number of rotatable bonds is 7. The number of anilines is 1. The predicted octanol–water partition coefficient (Wildman–Crippen LogP) is 2.55. The number of nitrogens with two attached hydrogens (primary N) is 1. The van der Waals surface area contributed by atoms with E-state index in [1.807, 2.05) is 27.7 Å². The Hall–Kier alpha value is -1.75. The van der Waals surface area contributed by atoms with Gasteiger partial charge in [0.15, 0.2) is 11.5 Å². The Morgan fingerprint density at radius 2 is 1.80 bits per heavy atom. The second-order valence-corrected chi connectivity index (χ2v) is 5.24. The average molecular weight is 280 g/mol. The van der Waals surface area contributed by atoms with E-state index in [2.05, 4.69) is 5.32 Å². The quantitative estimate of drug-likeness (QED) is 0.805. The van der Waals surface area contributed by atoms with Gasteiger partial charge in [-0.15, -0.1) is 0 Å². The number of carbonyl (C=O) groups is 1. The van der Waals surface area contributed by atoms with E-state index in [9.17, 15) is 4.79 Å². The van der Waals surface area contributed by atoms with E-state index in [0.717, 1.165) is 0 Å². The highest BCUT2D eigenvalue weighted by molar-refractivity contribution is 5.91. The maximum atomic E-state index is 11.8. The molecule has 1 amide bonds. The third kappa shape index (κ3) is 5.48. The molecule has 0 aromatic heterocycles. The zero-order valence-electron chi connectivity index (χ0n) is 12.7. The van der Waals surface area contributed by atoms with Crippen LogP contribution in [0.15, 0.2) is 18.2 Å². The molecule has 5 nitrogen and oxygen atoms in total. The standard InChI is InChI=1S/C15H24N2O3/c1-5-19-12-8-7-11(9-13(12)20-6-2)17-14(18)10-15(3,4)16/h7-9H,5-6,10,16H2,1-4H3,(H,17,18). The van der Waals surface area contributed by atoms with E-state index in [1.54, 1.807) is 18.2 Å². The Bertz CT molecular complexity index is 453. The molecule has 1 rings (SSSR count). The SMILES string of the molecule is CCOc1ccc(NC(=O)CC(C)(C)N)cc1OCC. The maximum absolute atomic E-state index is 11.8. The van der Waals surface area contributed by atoms with Crippen LogP contribution < -0.4 is 20.5 Å². The van der Waals surface area contributed by atoms with Crippen LogP contribution in [0.25, 0.3) is 0 Å². The van der Waals surface area contributed by atoms with Gasteiger partial charge in [-0.2, -0.15) is 0 Å². The lowest BCUT2D eigenvalue weighted by molar-refractivity contribution is -0.117. The summed E-state index contributed by atoms with van der Waals surface area (Å²) in [5, 5.41) is 2.81. The molecule has 0 fully saturated rings. The molecule has 0 aliphatic rings. The van der Waals surface area contributed by atoms with Crippen molar-refractivity contribution in [2.45, 2.75) is 39.7 Å². The summed E-state index contributed by atoms with van der Waals surface area (Å²) in [7, 11) is 0. The lowest BCUT2D eigenvalue weighted by Gasteiger charge is -2.18. The van der Waals surface area contributed by atoms with Crippen LogP contribution >= 0.6 is 0 Å². The van der Waals surface area contributed by atoms with Crippen molar-refractivity contribution in [2.24, 2.45) is 5.73 Å². The minimum Gasteiger partial charge on any atom is -0.490 e. The van der Waals surface area contributed by atoms with Crippen molar-refractivity contribution >= 4 is 11.6 Å². The minimum absolute atomic E-state index is 0.121. The average Bonchev–Trinajstić information content (AvgIpc) is 2.30. The first kappa shape index (κ1) is 16.3. The summed E-state index contributed by atoms with van der Waals surface area (Å²) in [5.41, 5.74) is 5.97. The number of carbonyl (C=O) groups excluding carboxylic acids is 1. The van der Waals surface area contributed by atoms with Gasteiger partial charge in [0.05, 0.1) is 13.2 Å². The van der Waals surface area contributed by atoms with E-state index in [1.165, 1.54) is 0 Å². The fourth-order valence-corrected chi connectivity index (χ4v) is 1.75. The van der Waals surface area contributed by atoms with Crippen LogP contribution in [0.4, 0.5) is 5.69 Å². The second-order valence-electron chi connectivity index (χ2n) is 5.24. The number of hydrogen-bond donors (Lipinski definition) is 2. The summed E-state index contributed by atoms with van der Waals surface area (Å²) < 4.78 is 11.0. The Morgan fingerprint density at radius 1 is 1.20 bits per heavy atom. The molecule has 0 saturated heterocycles. The Balaban J connectivity index is 2.81. The van der Waals surface area contributed by atoms with Crippen molar-refractivity contribution in [1.82, 2.24) is 0 Å². The molecule has 0 unspecified atom stereocenters. The number of ether oxygens (including phenoxy) is 2. The highest BCUT2D eigenvalue weighted by atomic mass is 16.5. The number of nitrogens with one attached hydrogen (secondary N) is 1. The predicted molar refractivity (Wildman–Crippen MR) is 80.3 cm³/mol. The zero-order valence-corrected chi connectivity index (χ0v) is 12.7. The number of benzene rings is 1. The van der Waals surface area contributed by atoms with Crippen LogP contribution in [0.3, 0.4) is 0 Å². The van der Waals surface area contributed by atoms with Crippen LogP contribution in [0.2, 0.25) is 0 Å². The fraction of sp³-hybridized carbons (Fsp3) is 0.533. The molecular formula is C15H24N2O3. The summed E-state index contributed by atoms with van der Waals surface area (Å²) in [4.78, 5) is 11.8. The van der Waals surface area contributed by atoms with Crippen LogP contribution in [-0.2, 0) is 4.79 Å². The number of amides is 1. The first-order valence-electron chi connectivity index (χ1n) is 6.84. The van der Waals surface area contributed by atoms with Gasteiger partial charge >= 0.3 is 0 Å². The molecule has 1 aromatic rings. The lowest BCUT2D eigenvalue weighted by Crippen LogP contribution is -2.36. The largest absolute Gasteiger partial charge is 0.490 e. The summed E-state index contributed by atoms with van der Waals surface area (Å²) in [6, 6.07) is 5.34. The molecule has 0 aliphatic heterocycles. The Morgan fingerprint density at radius 3 is 2.35 bits per heavy atom. The maximum Gasteiger partial charge on any atom is 0.226 e. The molecule has 0 atom stereocenters. The van der Waals surface area contributed by atoms with Gasteiger partial charge in [0, 0.05) is 23.7 Å².